The summed E-state index contributed by atoms with van der Waals surface area (Å²) < 4.78 is 4.88. The topological polar surface area (TPSA) is 75.6 Å². The maximum Gasteiger partial charge on any atom is 0.308 e. The number of hydrogen-bond donors (Lipinski definition) is 2. The highest BCUT2D eigenvalue weighted by atomic mass is 16.5. The van der Waals surface area contributed by atoms with Crippen LogP contribution in [0.4, 0.5) is 5.69 Å². The van der Waals surface area contributed by atoms with E-state index in [1.165, 1.54) is 37.3 Å². The van der Waals surface area contributed by atoms with Crippen molar-refractivity contribution in [1.29, 1.82) is 0 Å². The number of hydrogen-bond acceptors (Lipinski definition) is 4. The summed E-state index contributed by atoms with van der Waals surface area (Å²) in [5.41, 5.74) is 0.728. The van der Waals surface area contributed by atoms with Crippen molar-refractivity contribution in [1.82, 2.24) is 0 Å². The Morgan fingerprint density at radius 3 is 2.30 bits per heavy atom. The minimum Gasteiger partial charge on any atom is -0.506 e. The van der Waals surface area contributed by atoms with Gasteiger partial charge in [-0.15, -0.1) is 0 Å². The number of amides is 1. The van der Waals surface area contributed by atoms with Crippen LogP contribution in [0.5, 0.6) is 11.5 Å². The van der Waals surface area contributed by atoms with E-state index in [4.69, 9.17) is 4.74 Å². The van der Waals surface area contributed by atoms with Crippen LogP contribution in [-0.2, 0) is 4.79 Å². The molecular weight excluding hydrogens is 258 g/mol. The third-order valence-electron chi connectivity index (χ3n) is 2.53. The molecule has 0 aliphatic carbocycles. The van der Waals surface area contributed by atoms with Gasteiger partial charge < -0.3 is 15.2 Å². The molecule has 0 radical (unpaired) electrons. The van der Waals surface area contributed by atoms with E-state index in [0.29, 0.717) is 17.0 Å². The van der Waals surface area contributed by atoms with E-state index >= 15 is 0 Å². The largest absolute Gasteiger partial charge is 0.506 e. The number of aromatic hydroxyl groups is 1. The normalized spacial score (nSPS) is 9.85. The first-order chi connectivity index (χ1) is 9.56. The Balaban J connectivity index is 2.10. The predicted octanol–water partition coefficient (Wildman–Crippen LogP) is 2.57. The summed E-state index contributed by atoms with van der Waals surface area (Å²) in [6.45, 7) is 1.30. The Morgan fingerprint density at radius 2 is 1.70 bits per heavy atom. The van der Waals surface area contributed by atoms with Gasteiger partial charge in [-0.3, -0.25) is 9.59 Å². The number of carbonyl (C=O) groups is 2. The summed E-state index contributed by atoms with van der Waals surface area (Å²) >= 11 is 0. The number of rotatable bonds is 3. The fourth-order valence-electron chi connectivity index (χ4n) is 1.61. The van der Waals surface area contributed by atoms with E-state index in [1.807, 2.05) is 0 Å². The maximum atomic E-state index is 12.0. The summed E-state index contributed by atoms with van der Waals surface area (Å²) in [7, 11) is 0. The van der Waals surface area contributed by atoms with Gasteiger partial charge in [0.1, 0.15) is 11.5 Å². The van der Waals surface area contributed by atoms with Crippen LogP contribution in [0.15, 0.2) is 48.5 Å². The molecule has 2 aromatic carbocycles. The molecule has 1 amide bonds. The maximum absolute atomic E-state index is 12.0. The van der Waals surface area contributed by atoms with Crippen LogP contribution in [0, 0.1) is 0 Å². The lowest BCUT2D eigenvalue weighted by molar-refractivity contribution is -0.131. The van der Waals surface area contributed by atoms with Crippen LogP contribution in [0.25, 0.3) is 0 Å². The third kappa shape index (κ3) is 3.35. The van der Waals surface area contributed by atoms with Gasteiger partial charge in [0, 0.05) is 12.5 Å². The lowest BCUT2D eigenvalue weighted by Gasteiger charge is -2.07. The van der Waals surface area contributed by atoms with E-state index in [-0.39, 0.29) is 11.7 Å². The van der Waals surface area contributed by atoms with Crippen LogP contribution in [-0.4, -0.2) is 17.0 Å². The Labute approximate surface area is 115 Å². The lowest BCUT2D eigenvalue weighted by atomic mass is 10.2. The molecule has 2 N–H and O–H groups in total. The van der Waals surface area contributed by atoms with Gasteiger partial charge in [-0.2, -0.15) is 0 Å². The Kier molecular flexibility index (Phi) is 4.00. The molecule has 2 rings (SSSR count). The van der Waals surface area contributed by atoms with Crippen LogP contribution >= 0.6 is 0 Å². The molecule has 0 saturated carbocycles. The van der Waals surface area contributed by atoms with E-state index < -0.39 is 5.97 Å². The lowest BCUT2D eigenvalue weighted by Crippen LogP contribution is -2.12. The molecule has 0 aliphatic heterocycles. The number of para-hydroxylation sites is 2. The first kappa shape index (κ1) is 13.6. The zero-order chi connectivity index (χ0) is 14.5. The average molecular weight is 271 g/mol. The van der Waals surface area contributed by atoms with Crippen LogP contribution in [0.3, 0.4) is 0 Å². The van der Waals surface area contributed by atoms with Gasteiger partial charge in [0.2, 0.25) is 0 Å². The quantitative estimate of drug-likeness (QED) is 0.511. The second-order valence-corrected chi connectivity index (χ2v) is 4.09. The van der Waals surface area contributed by atoms with Crippen molar-refractivity contribution in [2.75, 3.05) is 5.32 Å². The molecule has 2 aromatic rings. The van der Waals surface area contributed by atoms with Gasteiger partial charge in [0.15, 0.2) is 0 Å². The molecular formula is C15H13NO4. The molecule has 5 nitrogen and oxygen atoms in total. The number of esters is 1. The predicted molar refractivity (Wildman–Crippen MR) is 73.8 cm³/mol. The van der Waals surface area contributed by atoms with Crippen LogP contribution in [0.2, 0.25) is 0 Å². The highest BCUT2D eigenvalue weighted by Gasteiger charge is 2.08. The van der Waals surface area contributed by atoms with Crippen molar-refractivity contribution in [2.45, 2.75) is 6.92 Å². The highest BCUT2D eigenvalue weighted by molar-refractivity contribution is 6.05. The number of phenols is 1. The second kappa shape index (κ2) is 5.88. The van der Waals surface area contributed by atoms with Crippen LogP contribution in [0.1, 0.15) is 17.3 Å². The second-order valence-electron chi connectivity index (χ2n) is 4.09. The standard InChI is InChI=1S/C15H13NO4/c1-10(17)20-12-8-6-11(7-9-12)15(19)16-13-4-2-3-5-14(13)18/h2-9,18H,1H3,(H,16,19). The highest BCUT2D eigenvalue weighted by Crippen LogP contribution is 2.22. The average Bonchev–Trinajstić information content (AvgIpc) is 2.41. The monoisotopic (exact) mass is 271 g/mol. The minimum atomic E-state index is -0.420. The summed E-state index contributed by atoms with van der Waals surface area (Å²) in [6, 6.07) is 12.6. The first-order valence-corrected chi connectivity index (χ1v) is 5.94. The number of benzene rings is 2. The van der Waals surface area contributed by atoms with E-state index in [0.717, 1.165) is 0 Å². The fourth-order valence-corrected chi connectivity index (χ4v) is 1.61. The fraction of sp³-hybridized carbons (Fsp3) is 0.0667. The molecule has 0 spiro atoms. The van der Waals surface area contributed by atoms with E-state index in [2.05, 4.69) is 5.32 Å². The summed E-state index contributed by atoms with van der Waals surface area (Å²) in [6.07, 6.45) is 0. The number of ether oxygens (including phenoxy) is 1. The minimum absolute atomic E-state index is 0.00242. The first-order valence-electron chi connectivity index (χ1n) is 5.94. The molecule has 5 heteroatoms. The molecule has 0 unspecified atom stereocenters. The molecule has 0 aromatic heterocycles. The van der Waals surface area contributed by atoms with Crippen LogP contribution < -0.4 is 10.1 Å². The molecule has 0 atom stereocenters. The third-order valence-corrected chi connectivity index (χ3v) is 2.53. The van der Waals surface area contributed by atoms with Crippen molar-refractivity contribution in [3.63, 3.8) is 0 Å². The molecule has 0 saturated heterocycles. The Hall–Kier alpha value is -2.82. The van der Waals surface area contributed by atoms with E-state index in [1.54, 1.807) is 18.2 Å². The van der Waals surface area contributed by atoms with Crippen molar-refractivity contribution in [3.05, 3.63) is 54.1 Å². The molecule has 0 aliphatic rings. The zero-order valence-electron chi connectivity index (χ0n) is 10.8. The van der Waals surface area contributed by atoms with Crippen molar-refractivity contribution >= 4 is 17.6 Å². The zero-order valence-corrected chi connectivity index (χ0v) is 10.8. The Morgan fingerprint density at radius 1 is 1.05 bits per heavy atom. The van der Waals surface area contributed by atoms with E-state index in [9.17, 15) is 14.7 Å². The molecule has 102 valence electrons. The number of nitrogens with one attached hydrogen (secondary N) is 1. The van der Waals surface area contributed by atoms with Gasteiger partial charge in [-0.25, -0.2) is 0 Å². The van der Waals surface area contributed by atoms with Gasteiger partial charge in [-0.05, 0) is 36.4 Å². The smallest absolute Gasteiger partial charge is 0.308 e. The molecule has 0 heterocycles. The Bertz CT molecular complexity index is 635. The van der Waals surface area contributed by atoms with Gasteiger partial charge in [-0.1, -0.05) is 12.1 Å². The summed E-state index contributed by atoms with van der Waals surface area (Å²) in [4.78, 5) is 22.8. The number of anilines is 1. The summed E-state index contributed by atoms with van der Waals surface area (Å²) in [5.74, 6) is -0.411. The van der Waals surface area contributed by atoms with Gasteiger partial charge >= 0.3 is 5.97 Å². The van der Waals surface area contributed by atoms with Gasteiger partial charge in [0.25, 0.3) is 5.91 Å². The SMILES string of the molecule is CC(=O)Oc1ccc(C(=O)Nc2ccccc2O)cc1. The van der Waals surface area contributed by atoms with Crippen molar-refractivity contribution < 1.29 is 19.4 Å². The van der Waals surface area contributed by atoms with Gasteiger partial charge in [0.05, 0.1) is 5.69 Å². The van der Waals surface area contributed by atoms with Crippen molar-refractivity contribution in [2.24, 2.45) is 0 Å². The molecule has 20 heavy (non-hydrogen) atoms. The number of phenolic OH excluding ortho intramolecular Hbond substituents is 1. The molecule has 0 bridgehead atoms. The summed E-state index contributed by atoms with van der Waals surface area (Å²) in [5, 5.41) is 12.2. The van der Waals surface area contributed by atoms with Crippen molar-refractivity contribution in [3.8, 4) is 11.5 Å². The number of carbonyl (C=O) groups excluding carboxylic acids is 2. The molecule has 0 fully saturated rings.